The fourth-order valence-corrected chi connectivity index (χ4v) is 2.59. The molecule has 0 saturated carbocycles. The second-order valence-corrected chi connectivity index (χ2v) is 5.83. The predicted molar refractivity (Wildman–Crippen MR) is 78.9 cm³/mol. The van der Waals surface area contributed by atoms with E-state index in [1.165, 1.54) is 51.4 Å². The molecule has 0 aliphatic carbocycles. The first-order valence-corrected chi connectivity index (χ1v) is 7.63. The summed E-state index contributed by atoms with van der Waals surface area (Å²) in [5, 5.41) is 0. The van der Waals surface area contributed by atoms with E-state index >= 15 is 0 Å². The Kier molecular flexibility index (Phi) is 6.45. The average Bonchev–Trinajstić information content (AvgIpc) is 2.80. The van der Waals surface area contributed by atoms with E-state index < -0.39 is 0 Å². The minimum absolute atomic E-state index is 0.269. The molecule has 0 aliphatic heterocycles. The molecule has 2 heteroatoms. The number of aryl methyl sites for hydroxylation is 1. The first-order chi connectivity index (χ1) is 8.62. The molecule has 1 rings (SSSR count). The molecule has 0 bridgehead atoms. The lowest BCUT2D eigenvalue weighted by atomic mass is 9.88. The van der Waals surface area contributed by atoms with Crippen molar-refractivity contribution in [2.75, 3.05) is 0 Å². The molecule has 0 aliphatic rings. The zero-order chi connectivity index (χ0) is 13.4. The van der Waals surface area contributed by atoms with Crippen LogP contribution in [-0.4, -0.2) is 9.55 Å². The van der Waals surface area contributed by atoms with Crippen molar-refractivity contribution >= 4 is 0 Å². The Morgan fingerprint density at radius 3 is 2.28 bits per heavy atom. The van der Waals surface area contributed by atoms with Crippen LogP contribution in [0.2, 0.25) is 0 Å². The van der Waals surface area contributed by atoms with Gasteiger partial charge in [0.05, 0.1) is 12.0 Å². The monoisotopic (exact) mass is 250 g/mol. The topological polar surface area (TPSA) is 17.8 Å². The molecule has 1 atom stereocenters. The lowest BCUT2D eigenvalue weighted by Gasteiger charge is -2.31. The van der Waals surface area contributed by atoms with E-state index in [9.17, 15) is 0 Å². The third-order valence-electron chi connectivity index (χ3n) is 3.97. The van der Waals surface area contributed by atoms with Crippen molar-refractivity contribution in [3.63, 3.8) is 0 Å². The Morgan fingerprint density at radius 2 is 1.72 bits per heavy atom. The van der Waals surface area contributed by atoms with Crippen LogP contribution in [0.4, 0.5) is 0 Å². The van der Waals surface area contributed by atoms with Crippen LogP contribution in [0.3, 0.4) is 0 Å². The first kappa shape index (κ1) is 15.3. The lowest BCUT2D eigenvalue weighted by molar-refractivity contribution is 0.253. The van der Waals surface area contributed by atoms with Crippen LogP contribution in [-0.2, 0) is 5.54 Å². The molecular weight excluding hydrogens is 220 g/mol. The van der Waals surface area contributed by atoms with Gasteiger partial charge >= 0.3 is 0 Å². The third kappa shape index (κ3) is 4.47. The van der Waals surface area contributed by atoms with Gasteiger partial charge in [0.1, 0.15) is 0 Å². The molecule has 0 saturated heterocycles. The van der Waals surface area contributed by atoms with Gasteiger partial charge in [0.15, 0.2) is 0 Å². The van der Waals surface area contributed by atoms with Crippen LogP contribution in [0.15, 0.2) is 12.5 Å². The number of aromatic nitrogens is 2. The maximum atomic E-state index is 4.40. The number of hydrogen-bond acceptors (Lipinski definition) is 1. The van der Waals surface area contributed by atoms with Crippen LogP contribution >= 0.6 is 0 Å². The van der Waals surface area contributed by atoms with Gasteiger partial charge in [0.25, 0.3) is 0 Å². The molecule has 0 amide bonds. The molecule has 1 unspecified atom stereocenters. The standard InChI is InChI=1S/C16H30N2/c1-5-7-9-10-12-16(4,11-8-6-2)18-13-15(3)17-14-18/h13-14H,5-12H2,1-4H3. The summed E-state index contributed by atoms with van der Waals surface area (Å²) in [7, 11) is 0. The van der Waals surface area contributed by atoms with Gasteiger partial charge in [0.2, 0.25) is 0 Å². The molecule has 1 aromatic heterocycles. The summed E-state index contributed by atoms with van der Waals surface area (Å²) < 4.78 is 2.35. The normalized spacial score (nSPS) is 14.7. The summed E-state index contributed by atoms with van der Waals surface area (Å²) in [6.45, 7) is 9.02. The van der Waals surface area contributed by atoms with Gasteiger partial charge in [-0.25, -0.2) is 4.98 Å². The molecule has 0 fully saturated rings. The second kappa shape index (κ2) is 7.60. The van der Waals surface area contributed by atoms with E-state index in [0.717, 1.165) is 5.69 Å². The van der Waals surface area contributed by atoms with Crippen LogP contribution in [0.1, 0.15) is 77.8 Å². The van der Waals surface area contributed by atoms with Crippen LogP contribution in [0.5, 0.6) is 0 Å². The maximum Gasteiger partial charge on any atom is 0.0954 e. The fourth-order valence-electron chi connectivity index (χ4n) is 2.59. The number of unbranched alkanes of at least 4 members (excludes halogenated alkanes) is 4. The molecule has 2 nitrogen and oxygen atoms in total. The molecule has 0 spiro atoms. The van der Waals surface area contributed by atoms with E-state index in [-0.39, 0.29) is 5.54 Å². The van der Waals surface area contributed by atoms with Gasteiger partial charge in [-0.15, -0.1) is 0 Å². The van der Waals surface area contributed by atoms with Gasteiger partial charge in [-0.3, -0.25) is 0 Å². The smallest absolute Gasteiger partial charge is 0.0954 e. The number of imidazole rings is 1. The Labute approximate surface area is 113 Å². The van der Waals surface area contributed by atoms with Crippen molar-refractivity contribution in [1.29, 1.82) is 0 Å². The van der Waals surface area contributed by atoms with Crippen molar-refractivity contribution in [2.45, 2.75) is 84.6 Å². The number of hydrogen-bond donors (Lipinski definition) is 0. The van der Waals surface area contributed by atoms with Gasteiger partial charge in [-0.2, -0.15) is 0 Å². The Bertz CT molecular complexity index is 330. The second-order valence-electron chi connectivity index (χ2n) is 5.83. The van der Waals surface area contributed by atoms with Gasteiger partial charge in [-0.05, 0) is 26.7 Å². The van der Waals surface area contributed by atoms with Crippen molar-refractivity contribution in [3.05, 3.63) is 18.2 Å². The van der Waals surface area contributed by atoms with Gasteiger partial charge < -0.3 is 4.57 Å². The van der Waals surface area contributed by atoms with Crippen molar-refractivity contribution in [3.8, 4) is 0 Å². The van der Waals surface area contributed by atoms with Crippen molar-refractivity contribution in [2.24, 2.45) is 0 Å². The van der Waals surface area contributed by atoms with Crippen LogP contribution in [0.25, 0.3) is 0 Å². The minimum Gasteiger partial charge on any atom is -0.331 e. The van der Waals surface area contributed by atoms with E-state index in [4.69, 9.17) is 0 Å². The Morgan fingerprint density at radius 1 is 1.06 bits per heavy atom. The highest BCUT2D eigenvalue weighted by Gasteiger charge is 2.24. The minimum atomic E-state index is 0.269. The maximum absolute atomic E-state index is 4.40. The largest absolute Gasteiger partial charge is 0.331 e. The number of nitrogens with zero attached hydrogens (tertiary/aromatic N) is 2. The van der Waals surface area contributed by atoms with Crippen molar-refractivity contribution < 1.29 is 0 Å². The molecule has 1 heterocycles. The summed E-state index contributed by atoms with van der Waals surface area (Å²) in [5.41, 5.74) is 1.40. The summed E-state index contributed by atoms with van der Waals surface area (Å²) in [6, 6.07) is 0. The highest BCUT2D eigenvalue weighted by molar-refractivity contribution is 4.98. The highest BCUT2D eigenvalue weighted by atomic mass is 15.1. The predicted octanol–water partition coefficient (Wildman–Crippen LogP) is 5.07. The number of rotatable bonds is 9. The lowest BCUT2D eigenvalue weighted by Crippen LogP contribution is -2.29. The van der Waals surface area contributed by atoms with Gasteiger partial charge in [0, 0.05) is 11.7 Å². The van der Waals surface area contributed by atoms with Crippen molar-refractivity contribution in [1.82, 2.24) is 9.55 Å². The molecule has 1 aromatic rings. The summed E-state index contributed by atoms with van der Waals surface area (Å²) in [6.07, 6.45) is 14.7. The molecular formula is C16H30N2. The van der Waals surface area contributed by atoms with Gasteiger partial charge in [-0.1, -0.05) is 52.4 Å². The van der Waals surface area contributed by atoms with E-state index in [1.54, 1.807) is 0 Å². The van der Waals surface area contributed by atoms with Crippen LogP contribution < -0.4 is 0 Å². The Balaban J connectivity index is 2.62. The molecule has 18 heavy (non-hydrogen) atoms. The summed E-state index contributed by atoms with van der Waals surface area (Å²) in [4.78, 5) is 4.40. The zero-order valence-electron chi connectivity index (χ0n) is 12.7. The zero-order valence-corrected chi connectivity index (χ0v) is 12.7. The highest BCUT2D eigenvalue weighted by Crippen LogP contribution is 2.30. The quantitative estimate of drug-likeness (QED) is 0.560. The summed E-state index contributed by atoms with van der Waals surface area (Å²) in [5.74, 6) is 0. The average molecular weight is 250 g/mol. The molecule has 0 aromatic carbocycles. The van der Waals surface area contributed by atoms with Crippen LogP contribution in [0, 0.1) is 6.92 Å². The van der Waals surface area contributed by atoms with E-state index in [2.05, 4.69) is 43.4 Å². The molecule has 0 radical (unpaired) electrons. The van der Waals surface area contributed by atoms with E-state index in [1.807, 2.05) is 6.33 Å². The first-order valence-electron chi connectivity index (χ1n) is 7.63. The third-order valence-corrected chi connectivity index (χ3v) is 3.97. The molecule has 104 valence electrons. The SMILES string of the molecule is CCCCCCC(C)(CCCC)n1cnc(C)c1. The molecule has 0 N–H and O–H groups in total. The van der Waals surface area contributed by atoms with E-state index in [0.29, 0.717) is 0 Å². The Hall–Kier alpha value is -0.790. The fraction of sp³-hybridized carbons (Fsp3) is 0.812. The summed E-state index contributed by atoms with van der Waals surface area (Å²) >= 11 is 0.